The number of nitriles is 3. The maximum absolute atomic E-state index is 9.90. The monoisotopic (exact) mass is 369 g/mol. The van der Waals surface area contributed by atoms with E-state index in [2.05, 4.69) is 23.5 Å². The Bertz CT molecular complexity index is 912. The van der Waals surface area contributed by atoms with Crippen molar-refractivity contribution in [2.45, 2.75) is 5.92 Å². The number of nitrogens with zero attached hydrogens (tertiary/aromatic N) is 3. The van der Waals surface area contributed by atoms with Gasteiger partial charge in [-0.1, -0.05) is 41.4 Å². The quantitative estimate of drug-likeness (QED) is 0.790. The zero-order valence-corrected chi connectivity index (χ0v) is 14.6. The van der Waals surface area contributed by atoms with Crippen LogP contribution in [0.4, 0.5) is 0 Å². The minimum atomic E-state index is -1.69. The number of hydrogen-bond donors (Lipinski definition) is 2. The second-order valence-corrected chi connectivity index (χ2v) is 6.76. The Kier molecular flexibility index (Phi) is 4.46. The van der Waals surface area contributed by atoms with Crippen LogP contribution in [0.1, 0.15) is 11.5 Å². The van der Waals surface area contributed by atoms with Crippen molar-refractivity contribution in [3.8, 4) is 18.2 Å². The topological polar surface area (TPSA) is 109 Å². The third-order valence-corrected chi connectivity index (χ3v) is 5.70. The van der Waals surface area contributed by atoms with E-state index in [9.17, 15) is 15.8 Å². The summed E-state index contributed by atoms with van der Waals surface area (Å²) in [5.74, 6) is -0.921. The molecule has 124 valence electrons. The van der Waals surface area contributed by atoms with Crippen LogP contribution in [0.2, 0.25) is 10.0 Å². The summed E-state index contributed by atoms with van der Waals surface area (Å²) < 4.78 is 0. The van der Waals surface area contributed by atoms with Crippen LogP contribution in [0.15, 0.2) is 41.1 Å². The molecule has 2 aliphatic rings. The van der Waals surface area contributed by atoms with Gasteiger partial charge in [-0.2, -0.15) is 15.8 Å². The summed E-state index contributed by atoms with van der Waals surface area (Å²) in [6, 6.07) is 11.3. The second-order valence-electron chi connectivity index (χ2n) is 5.98. The number of nitrogens with one attached hydrogen (secondary N) is 1. The molecule has 5 nitrogen and oxygen atoms in total. The molecule has 0 unspecified atom stereocenters. The summed E-state index contributed by atoms with van der Waals surface area (Å²) in [5, 5.41) is 33.2. The molecule has 0 spiro atoms. The highest BCUT2D eigenvalue weighted by molar-refractivity contribution is 6.42. The molecule has 0 bridgehead atoms. The van der Waals surface area contributed by atoms with Crippen molar-refractivity contribution in [2.24, 2.45) is 17.1 Å². The highest BCUT2D eigenvalue weighted by atomic mass is 35.5. The van der Waals surface area contributed by atoms with E-state index in [0.717, 1.165) is 5.57 Å². The Morgan fingerprint density at radius 2 is 1.92 bits per heavy atom. The van der Waals surface area contributed by atoms with Crippen LogP contribution in [0.3, 0.4) is 0 Å². The van der Waals surface area contributed by atoms with Gasteiger partial charge in [-0.25, -0.2) is 0 Å². The number of benzene rings is 1. The Labute approximate surface area is 155 Å². The van der Waals surface area contributed by atoms with Crippen molar-refractivity contribution in [1.29, 1.82) is 15.8 Å². The van der Waals surface area contributed by atoms with Crippen molar-refractivity contribution in [1.82, 2.24) is 5.32 Å². The number of allylic oxidation sites excluding steroid dienone is 2. The molecule has 1 aliphatic carbocycles. The van der Waals surface area contributed by atoms with Gasteiger partial charge in [-0.05, 0) is 17.2 Å². The maximum atomic E-state index is 9.90. The van der Waals surface area contributed by atoms with E-state index >= 15 is 0 Å². The van der Waals surface area contributed by atoms with Crippen LogP contribution in [-0.4, -0.2) is 13.1 Å². The van der Waals surface area contributed by atoms with Gasteiger partial charge in [-0.15, -0.1) is 0 Å². The van der Waals surface area contributed by atoms with E-state index in [1.807, 2.05) is 6.08 Å². The van der Waals surface area contributed by atoms with Gasteiger partial charge in [0.2, 0.25) is 0 Å². The molecule has 0 fully saturated rings. The van der Waals surface area contributed by atoms with E-state index in [1.54, 1.807) is 18.2 Å². The lowest BCUT2D eigenvalue weighted by atomic mass is 9.58. The van der Waals surface area contributed by atoms with Gasteiger partial charge in [0, 0.05) is 24.9 Å². The predicted octanol–water partition coefficient (Wildman–Crippen LogP) is 3.01. The summed E-state index contributed by atoms with van der Waals surface area (Å²) in [4.78, 5) is 0. The van der Waals surface area contributed by atoms with Gasteiger partial charge in [0.1, 0.15) is 6.07 Å². The molecular weight excluding hydrogens is 357 g/mol. The standard InChI is InChI=1S/C18H13Cl2N5/c19-14-3-1-2-11(16(14)20)15-13-7-25-5-4-10(13)12(6-21)17(24)18(15,8-22)9-23/h1-4,13,15,25H,5,7,24H2/t13-,15+/m0/s1. The molecule has 1 aliphatic heterocycles. The first kappa shape index (κ1) is 17.3. The molecule has 25 heavy (non-hydrogen) atoms. The van der Waals surface area contributed by atoms with E-state index < -0.39 is 11.3 Å². The van der Waals surface area contributed by atoms with Crippen molar-refractivity contribution < 1.29 is 0 Å². The van der Waals surface area contributed by atoms with Gasteiger partial charge < -0.3 is 11.1 Å². The SMILES string of the molecule is N#CC1=C(N)C(C#N)(C#N)[C@H](c2cccc(Cl)c2Cl)[C@H]2CNCC=C12. The molecule has 2 atom stereocenters. The zero-order chi connectivity index (χ0) is 18.2. The molecule has 1 aromatic carbocycles. The summed E-state index contributed by atoms with van der Waals surface area (Å²) in [7, 11) is 0. The van der Waals surface area contributed by atoms with Crippen LogP contribution >= 0.6 is 23.2 Å². The number of nitrogens with two attached hydrogens (primary N) is 1. The molecule has 0 saturated carbocycles. The summed E-state index contributed by atoms with van der Waals surface area (Å²) in [6.07, 6.45) is 1.88. The highest BCUT2D eigenvalue weighted by Gasteiger charge is 2.54. The van der Waals surface area contributed by atoms with Gasteiger partial charge in [0.25, 0.3) is 0 Å². The minimum Gasteiger partial charge on any atom is -0.399 e. The van der Waals surface area contributed by atoms with Crippen molar-refractivity contribution in [2.75, 3.05) is 13.1 Å². The lowest BCUT2D eigenvalue weighted by molar-refractivity contribution is 0.328. The predicted molar refractivity (Wildman–Crippen MR) is 94.1 cm³/mol. The average molecular weight is 370 g/mol. The molecule has 7 heteroatoms. The summed E-state index contributed by atoms with van der Waals surface area (Å²) in [5.41, 5.74) is 6.01. The van der Waals surface area contributed by atoms with Crippen molar-refractivity contribution >= 4 is 23.2 Å². The fourth-order valence-electron chi connectivity index (χ4n) is 3.71. The summed E-state index contributed by atoms with van der Waals surface area (Å²) >= 11 is 12.6. The van der Waals surface area contributed by atoms with Gasteiger partial charge in [-0.3, -0.25) is 0 Å². The number of rotatable bonds is 1. The minimum absolute atomic E-state index is 0.0227. The Morgan fingerprint density at radius 1 is 1.20 bits per heavy atom. The lowest BCUT2D eigenvalue weighted by Gasteiger charge is -2.43. The Balaban J connectivity index is 2.38. The average Bonchev–Trinajstić information content (AvgIpc) is 2.64. The van der Waals surface area contributed by atoms with E-state index in [-0.39, 0.29) is 17.2 Å². The van der Waals surface area contributed by atoms with Gasteiger partial charge >= 0.3 is 0 Å². The number of halogens is 2. The molecule has 1 heterocycles. The van der Waals surface area contributed by atoms with E-state index in [0.29, 0.717) is 28.7 Å². The normalized spacial score (nSPS) is 24.4. The first-order valence-corrected chi connectivity index (χ1v) is 8.35. The maximum Gasteiger partial charge on any atom is 0.191 e. The van der Waals surface area contributed by atoms with Crippen LogP contribution in [-0.2, 0) is 0 Å². The van der Waals surface area contributed by atoms with Gasteiger partial charge in [0.05, 0.1) is 33.5 Å². The highest BCUT2D eigenvalue weighted by Crippen LogP contribution is 2.55. The molecule has 3 N–H and O–H groups in total. The van der Waals surface area contributed by atoms with Crippen molar-refractivity contribution in [3.63, 3.8) is 0 Å². The molecular formula is C18H13Cl2N5. The molecule has 0 saturated heterocycles. The molecule has 3 rings (SSSR count). The Morgan fingerprint density at radius 3 is 2.56 bits per heavy atom. The zero-order valence-electron chi connectivity index (χ0n) is 13.1. The molecule has 0 radical (unpaired) electrons. The molecule has 0 aromatic heterocycles. The third-order valence-electron chi connectivity index (χ3n) is 4.86. The first-order chi connectivity index (χ1) is 12.0. The summed E-state index contributed by atoms with van der Waals surface area (Å²) in [6.45, 7) is 1.09. The fraction of sp³-hybridized carbons (Fsp3) is 0.278. The smallest absolute Gasteiger partial charge is 0.191 e. The van der Waals surface area contributed by atoms with Crippen LogP contribution in [0, 0.1) is 45.3 Å². The van der Waals surface area contributed by atoms with E-state index in [4.69, 9.17) is 28.9 Å². The second kappa shape index (κ2) is 6.43. The number of fused-ring (bicyclic) bond motifs is 1. The Hall–Kier alpha value is -2.49. The van der Waals surface area contributed by atoms with Crippen LogP contribution in [0.5, 0.6) is 0 Å². The largest absolute Gasteiger partial charge is 0.399 e. The third kappa shape index (κ3) is 2.39. The van der Waals surface area contributed by atoms with Crippen LogP contribution in [0.25, 0.3) is 0 Å². The first-order valence-electron chi connectivity index (χ1n) is 7.59. The van der Waals surface area contributed by atoms with E-state index in [1.165, 1.54) is 0 Å². The van der Waals surface area contributed by atoms with Crippen LogP contribution < -0.4 is 11.1 Å². The fourth-order valence-corrected chi connectivity index (χ4v) is 4.13. The molecule has 1 aromatic rings. The van der Waals surface area contributed by atoms with Gasteiger partial charge in [0.15, 0.2) is 5.41 Å². The lowest BCUT2D eigenvalue weighted by Crippen LogP contribution is -2.47. The molecule has 0 amide bonds. The number of hydrogen-bond acceptors (Lipinski definition) is 5. The van der Waals surface area contributed by atoms with Crippen molar-refractivity contribution in [3.05, 3.63) is 56.7 Å².